The lowest BCUT2D eigenvalue weighted by Crippen LogP contribution is -2.11. The van der Waals surface area contributed by atoms with Gasteiger partial charge in [-0.1, -0.05) is 0 Å². The van der Waals surface area contributed by atoms with Crippen LogP contribution in [-0.4, -0.2) is 20.1 Å². The lowest BCUT2D eigenvalue weighted by Gasteiger charge is -2.09. The molecule has 0 saturated carbocycles. The summed E-state index contributed by atoms with van der Waals surface area (Å²) in [4.78, 5) is 0. The van der Waals surface area contributed by atoms with Crippen LogP contribution < -0.4 is 10.1 Å². The van der Waals surface area contributed by atoms with Crippen LogP contribution in [0.5, 0.6) is 5.75 Å². The van der Waals surface area contributed by atoms with E-state index in [0.717, 1.165) is 12.1 Å². The first-order valence-corrected chi connectivity index (χ1v) is 4.58. The van der Waals surface area contributed by atoms with Gasteiger partial charge in [0.05, 0.1) is 0 Å². The molecule has 0 aromatic heterocycles. The van der Waals surface area contributed by atoms with E-state index in [1.54, 1.807) is 7.05 Å². The first-order valence-electron chi connectivity index (χ1n) is 4.58. The molecule has 0 aliphatic carbocycles. The number of hydrogen-bond donors (Lipinski definition) is 1. The number of halogens is 4. The van der Waals surface area contributed by atoms with Crippen molar-refractivity contribution in [1.29, 1.82) is 0 Å². The van der Waals surface area contributed by atoms with Crippen LogP contribution in [0.2, 0.25) is 0 Å². The Morgan fingerprint density at radius 2 is 1.81 bits per heavy atom. The molecule has 6 heteroatoms. The summed E-state index contributed by atoms with van der Waals surface area (Å²) in [6.45, 7) is -0.748. The number of rotatable bonds is 5. The summed E-state index contributed by atoms with van der Waals surface area (Å²) in [6.07, 6.45) is -2.77. The molecule has 0 saturated heterocycles. The Bertz CT molecular complexity index is 334. The van der Waals surface area contributed by atoms with E-state index < -0.39 is 30.4 Å². The number of ether oxygens (including phenoxy) is 1. The summed E-state index contributed by atoms with van der Waals surface area (Å²) >= 11 is 0. The zero-order valence-corrected chi connectivity index (χ0v) is 8.57. The molecule has 0 fully saturated rings. The van der Waals surface area contributed by atoms with Crippen LogP contribution in [-0.2, 0) is 6.54 Å². The number of hydrogen-bond acceptors (Lipinski definition) is 2. The van der Waals surface area contributed by atoms with E-state index >= 15 is 0 Å². The van der Waals surface area contributed by atoms with Crippen LogP contribution in [0, 0.1) is 11.6 Å². The highest BCUT2D eigenvalue weighted by atomic mass is 19.3. The highest BCUT2D eigenvalue weighted by Gasteiger charge is 2.14. The van der Waals surface area contributed by atoms with E-state index in [4.69, 9.17) is 0 Å². The Hall–Kier alpha value is -1.30. The van der Waals surface area contributed by atoms with Crippen LogP contribution in [0.25, 0.3) is 0 Å². The Kier molecular flexibility index (Phi) is 4.54. The Morgan fingerprint density at radius 1 is 1.25 bits per heavy atom. The average Bonchev–Trinajstić information content (AvgIpc) is 2.16. The van der Waals surface area contributed by atoms with Gasteiger partial charge in [-0.25, -0.2) is 17.6 Å². The molecule has 1 aromatic rings. The van der Waals surface area contributed by atoms with Gasteiger partial charge < -0.3 is 10.1 Å². The van der Waals surface area contributed by atoms with Crippen molar-refractivity contribution in [2.24, 2.45) is 0 Å². The Labute approximate surface area is 90.2 Å². The molecule has 0 heterocycles. The van der Waals surface area contributed by atoms with Gasteiger partial charge in [0.15, 0.2) is 17.4 Å². The molecule has 0 aliphatic rings. The van der Waals surface area contributed by atoms with E-state index in [1.165, 1.54) is 0 Å². The topological polar surface area (TPSA) is 21.3 Å². The molecule has 90 valence electrons. The second-order valence-corrected chi connectivity index (χ2v) is 3.12. The minimum Gasteiger partial charge on any atom is -0.482 e. The molecule has 0 atom stereocenters. The van der Waals surface area contributed by atoms with E-state index in [9.17, 15) is 17.6 Å². The van der Waals surface area contributed by atoms with Crippen LogP contribution in [0.3, 0.4) is 0 Å². The SMILES string of the molecule is CNCc1cc(F)c(OCC(F)F)c(F)c1. The summed E-state index contributed by atoms with van der Waals surface area (Å²) in [7, 11) is 1.62. The molecule has 0 aliphatic heterocycles. The number of alkyl halides is 2. The van der Waals surface area contributed by atoms with E-state index in [2.05, 4.69) is 10.1 Å². The number of benzene rings is 1. The van der Waals surface area contributed by atoms with Gasteiger partial charge >= 0.3 is 0 Å². The largest absolute Gasteiger partial charge is 0.482 e. The summed E-state index contributed by atoms with van der Waals surface area (Å²) in [5, 5.41) is 2.71. The van der Waals surface area contributed by atoms with Gasteiger partial charge in [-0.3, -0.25) is 0 Å². The summed E-state index contributed by atoms with van der Waals surface area (Å²) < 4.78 is 54.4. The summed E-state index contributed by atoms with van der Waals surface area (Å²) in [6, 6.07) is 2.08. The van der Waals surface area contributed by atoms with Crippen molar-refractivity contribution in [3.8, 4) is 5.75 Å². The molecule has 0 radical (unpaired) electrons. The van der Waals surface area contributed by atoms with Gasteiger partial charge in [0.1, 0.15) is 6.61 Å². The third kappa shape index (κ3) is 3.37. The molecular weight excluding hydrogens is 226 g/mol. The van der Waals surface area contributed by atoms with Crippen molar-refractivity contribution in [2.75, 3.05) is 13.7 Å². The quantitative estimate of drug-likeness (QED) is 0.793. The van der Waals surface area contributed by atoms with Gasteiger partial charge in [0, 0.05) is 6.54 Å². The fourth-order valence-electron chi connectivity index (χ4n) is 1.20. The van der Waals surface area contributed by atoms with Crippen molar-refractivity contribution in [3.63, 3.8) is 0 Å². The minimum atomic E-state index is -2.77. The maximum absolute atomic E-state index is 13.2. The van der Waals surface area contributed by atoms with Gasteiger partial charge in [0.25, 0.3) is 6.43 Å². The van der Waals surface area contributed by atoms with Crippen LogP contribution in [0.15, 0.2) is 12.1 Å². The van der Waals surface area contributed by atoms with Crippen LogP contribution >= 0.6 is 0 Å². The average molecular weight is 237 g/mol. The standard InChI is InChI=1S/C10H11F4NO/c1-15-4-6-2-7(11)10(8(12)3-6)16-5-9(13)14/h2-3,9,15H,4-5H2,1H3. The molecule has 1 aromatic carbocycles. The molecular formula is C10H11F4NO. The van der Waals surface area contributed by atoms with Gasteiger partial charge in [0.2, 0.25) is 0 Å². The molecule has 0 spiro atoms. The molecule has 0 unspecified atom stereocenters. The highest BCUT2D eigenvalue weighted by molar-refractivity contribution is 5.31. The smallest absolute Gasteiger partial charge is 0.272 e. The van der Waals surface area contributed by atoms with Crippen LogP contribution in [0.4, 0.5) is 17.6 Å². The van der Waals surface area contributed by atoms with Gasteiger partial charge in [-0.05, 0) is 24.7 Å². The Balaban J connectivity index is 2.85. The Morgan fingerprint density at radius 3 is 2.25 bits per heavy atom. The van der Waals surface area contributed by atoms with E-state index in [-0.39, 0.29) is 6.54 Å². The second kappa shape index (κ2) is 5.69. The first kappa shape index (κ1) is 12.8. The minimum absolute atomic E-state index is 0.281. The fourth-order valence-corrected chi connectivity index (χ4v) is 1.20. The van der Waals surface area contributed by atoms with Crippen molar-refractivity contribution in [3.05, 3.63) is 29.3 Å². The van der Waals surface area contributed by atoms with Crippen LogP contribution in [0.1, 0.15) is 5.56 Å². The first-order chi connectivity index (χ1) is 7.54. The van der Waals surface area contributed by atoms with Crippen molar-refractivity contribution in [1.82, 2.24) is 5.32 Å². The molecule has 0 amide bonds. The van der Waals surface area contributed by atoms with Crippen molar-refractivity contribution in [2.45, 2.75) is 13.0 Å². The highest BCUT2D eigenvalue weighted by Crippen LogP contribution is 2.23. The lowest BCUT2D eigenvalue weighted by atomic mass is 10.2. The van der Waals surface area contributed by atoms with Gasteiger partial charge in [-0.15, -0.1) is 0 Å². The van der Waals surface area contributed by atoms with Crippen molar-refractivity contribution >= 4 is 0 Å². The monoisotopic (exact) mass is 237 g/mol. The molecule has 2 nitrogen and oxygen atoms in total. The predicted octanol–water partition coefficient (Wildman–Crippen LogP) is 2.33. The van der Waals surface area contributed by atoms with E-state index in [0.29, 0.717) is 5.56 Å². The molecule has 1 N–H and O–H groups in total. The zero-order chi connectivity index (χ0) is 12.1. The number of nitrogens with one attached hydrogen (secondary N) is 1. The van der Waals surface area contributed by atoms with E-state index in [1.807, 2.05) is 0 Å². The maximum Gasteiger partial charge on any atom is 0.272 e. The lowest BCUT2D eigenvalue weighted by molar-refractivity contribution is 0.0777. The van der Waals surface area contributed by atoms with Gasteiger partial charge in [-0.2, -0.15) is 0 Å². The fraction of sp³-hybridized carbons (Fsp3) is 0.400. The second-order valence-electron chi connectivity index (χ2n) is 3.12. The molecule has 1 rings (SSSR count). The summed E-state index contributed by atoms with van der Waals surface area (Å²) in [5.41, 5.74) is 0.377. The maximum atomic E-state index is 13.2. The third-order valence-electron chi connectivity index (χ3n) is 1.79. The molecule has 16 heavy (non-hydrogen) atoms. The third-order valence-corrected chi connectivity index (χ3v) is 1.79. The zero-order valence-electron chi connectivity index (χ0n) is 8.57. The summed E-state index contributed by atoms with van der Waals surface area (Å²) in [5.74, 6) is -2.73. The van der Waals surface area contributed by atoms with Crippen molar-refractivity contribution < 1.29 is 22.3 Å². The normalized spacial score (nSPS) is 10.9. The predicted molar refractivity (Wildman–Crippen MR) is 50.6 cm³/mol. The molecule has 0 bridgehead atoms.